The summed E-state index contributed by atoms with van der Waals surface area (Å²) in [6.45, 7) is 0.470. The van der Waals surface area contributed by atoms with Gasteiger partial charge >= 0.3 is 0 Å². The number of benzene rings is 2. The molecule has 0 spiro atoms. The van der Waals surface area contributed by atoms with E-state index in [4.69, 9.17) is 10.5 Å². The average molecular weight is 333 g/mol. The second-order valence-corrected chi connectivity index (χ2v) is 5.47. The molecule has 1 unspecified atom stereocenters. The van der Waals surface area contributed by atoms with Crippen molar-refractivity contribution in [2.45, 2.75) is 12.6 Å². The van der Waals surface area contributed by atoms with Crippen LogP contribution < -0.4 is 15.8 Å². The first kappa shape index (κ1) is 13.1. The van der Waals surface area contributed by atoms with E-state index < -0.39 is 6.04 Å². The van der Waals surface area contributed by atoms with Crippen LogP contribution in [0.2, 0.25) is 0 Å². The molecule has 2 aromatic rings. The lowest BCUT2D eigenvalue weighted by molar-refractivity contribution is -0.116. The van der Waals surface area contributed by atoms with Gasteiger partial charge in [0, 0.05) is 17.3 Å². The van der Waals surface area contributed by atoms with Gasteiger partial charge in [0.15, 0.2) is 0 Å². The third-order valence-corrected chi connectivity index (χ3v) is 3.84. The van der Waals surface area contributed by atoms with Crippen LogP contribution in [0.15, 0.2) is 46.9 Å². The number of anilines is 1. The summed E-state index contributed by atoms with van der Waals surface area (Å²) in [6.07, 6.45) is 0. The molecule has 1 aliphatic rings. The van der Waals surface area contributed by atoms with Crippen molar-refractivity contribution in [2.75, 3.05) is 5.32 Å². The van der Waals surface area contributed by atoms with Crippen molar-refractivity contribution in [1.82, 2.24) is 0 Å². The highest BCUT2D eigenvalue weighted by molar-refractivity contribution is 9.10. The van der Waals surface area contributed by atoms with E-state index in [2.05, 4.69) is 21.2 Å². The van der Waals surface area contributed by atoms with Gasteiger partial charge in [-0.25, -0.2) is 0 Å². The molecule has 0 fully saturated rings. The molecule has 1 heterocycles. The summed E-state index contributed by atoms with van der Waals surface area (Å²) < 4.78 is 6.57. The SMILES string of the molecule is NC1C(=O)Nc2cc(OCc3ccccc3)c(Br)cc21. The fourth-order valence-electron chi connectivity index (χ4n) is 2.13. The first-order valence-corrected chi connectivity index (χ1v) is 7.01. The number of nitrogens with two attached hydrogens (primary N) is 1. The summed E-state index contributed by atoms with van der Waals surface area (Å²) in [7, 11) is 0. The smallest absolute Gasteiger partial charge is 0.245 e. The minimum atomic E-state index is -0.607. The third kappa shape index (κ3) is 2.42. The van der Waals surface area contributed by atoms with Gasteiger partial charge in [-0.1, -0.05) is 30.3 Å². The van der Waals surface area contributed by atoms with Crippen LogP contribution in [0, 0.1) is 0 Å². The van der Waals surface area contributed by atoms with Crippen molar-refractivity contribution >= 4 is 27.5 Å². The molecule has 3 rings (SSSR count). The molecule has 1 atom stereocenters. The van der Waals surface area contributed by atoms with Crippen LogP contribution >= 0.6 is 15.9 Å². The number of hydrogen-bond donors (Lipinski definition) is 2. The number of fused-ring (bicyclic) bond motifs is 1. The fourth-order valence-corrected chi connectivity index (χ4v) is 2.61. The molecule has 0 saturated carbocycles. The highest BCUT2D eigenvalue weighted by Gasteiger charge is 2.28. The molecule has 20 heavy (non-hydrogen) atoms. The van der Waals surface area contributed by atoms with Crippen molar-refractivity contribution < 1.29 is 9.53 Å². The van der Waals surface area contributed by atoms with Gasteiger partial charge in [-0.15, -0.1) is 0 Å². The maximum absolute atomic E-state index is 11.5. The van der Waals surface area contributed by atoms with Gasteiger partial charge in [-0.3, -0.25) is 4.79 Å². The maximum Gasteiger partial charge on any atom is 0.245 e. The van der Waals surface area contributed by atoms with E-state index in [1.807, 2.05) is 36.4 Å². The second kappa shape index (κ2) is 5.26. The number of carbonyl (C=O) groups excluding carboxylic acids is 1. The molecule has 0 bridgehead atoms. The van der Waals surface area contributed by atoms with E-state index in [0.717, 1.165) is 15.6 Å². The Kier molecular flexibility index (Phi) is 3.46. The average Bonchev–Trinajstić information content (AvgIpc) is 2.73. The van der Waals surface area contributed by atoms with Crippen LogP contribution in [0.3, 0.4) is 0 Å². The van der Waals surface area contributed by atoms with Crippen molar-refractivity contribution in [3.63, 3.8) is 0 Å². The minimum Gasteiger partial charge on any atom is -0.488 e. The predicted octanol–water partition coefficient (Wildman–Crippen LogP) is 2.98. The van der Waals surface area contributed by atoms with Gasteiger partial charge in [-0.05, 0) is 27.6 Å². The summed E-state index contributed by atoms with van der Waals surface area (Å²) in [5.41, 5.74) is 8.39. The second-order valence-electron chi connectivity index (χ2n) is 4.61. The van der Waals surface area contributed by atoms with Crippen molar-refractivity contribution in [2.24, 2.45) is 5.73 Å². The van der Waals surface area contributed by atoms with E-state index in [-0.39, 0.29) is 5.91 Å². The van der Waals surface area contributed by atoms with Crippen LogP contribution in [0.5, 0.6) is 5.75 Å². The van der Waals surface area contributed by atoms with E-state index >= 15 is 0 Å². The molecule has 0 saturated heterocycles. The molecule has 5 heteroatoms. The van der Waals surface area contributed by atoms with Crippen LogP contribution in [-0.4, -0.2) is 5.91 Å². The van der Waals surface area contributed by atoms with Crippen molar-refractivity contribution in [3.05, 3.63) is 58.1 Å². The number of ether oxygens (including phenoxy) is 1. The fraction of sp³-hybridized carbons (Fsp3) is 0.133. The highest BCUT2D eigenvalue weighted by atomic mass is 79.9. The van der Waals surface area contributed by atoms with Gasteiger partial charge in [-0.2, -0.15) is 0 Å². The maximum atomic E-state index is 11.5. The Hall–Kier alpha value is -1.85. The quantitative estimate of drug-likeness (QED) is 0.908. The molecule has 0 aromatic heterocycles. The zero-order valence-corrected chi connectivity index (χ0v) is 12.2. The standard InChI is InChI=1S/C15H13BrN2O2/c16-11-6-10-12(18-15(19)14(10)17)7-13(11)20-8-9-4-2-1-3-5-9/h1-7,14H,8,17H2,(H,18,19). The normalized spacial score (nSPS) is 16.7. The van der Waals surface area contributed by atoms with Crippen LogP contribution in [0.1, 0.15) is 17.2 Å². The lowest BCUT2D eigenvalue weighted by Crippen LogP contribution is -2.19. The van der Waals surface area contributed by atoms with Crippen molar-refractivity contribution in [1.29, 1.82) is 0 Å². The van der Waals surface area contributed by atoms with E-state index in [1.165, 1.54) is 0 Å². The predicted molar refractivity (Wildman–Crippen MR) is 80.5 cm³/mol. The van der Waals surface area contributed by atoms with E-state index in [9.17, 15) is 4.79 Å². The lowest BCUT2D eigenvalue weighted by atomic mass is 10.1. The molecule has 102 valence electrons. The summed E-state index contributed by atoms with van der Waals surface area (Å²) in [6, 6.07) is 12.9. The summed E-state index contributed by atoms with van der Waals surface area (Å²) in [4.78, 5) is 11.5. The zero-order chi connectivity index (χ0) is 14.1. The molecule has 0 radical (unpaired) electrons. The third-order valence-electron chi connectivity index (χ3n) is 3.22. The Morgan fingerprint density at radius 2 is 2.00 bits per heavy atom. The molecule has 1 amide bonds. The largest absolute Gasteiger partial charge is 0.488 e. The van der Waals surface area contributed by atoms with E-state index in [1.54, 1.807) is 6.07 Å². The number of carbonyl (C=O) groups is 1. The van der Waals surface area contributed by atoms with Gasteiger partial charge in [0.2, 0.25) is 5.91 Å². The zero-order valence-electron chi connectivity index (χ0n) is 10.6. The summed E-state index contributed by atoms with van der Waals surface area (Å²) in [5, 5.41) is 2.75. The number of nitrogens with one attached hydrogen (secondary N) is 1. The van der Waals surface area contributed by atoms with Gasteiger partial charge < -0.3 is 15.8 Å². The Balaban J connectivity index is 1.82. The molecule has 2 aromatic carbocycles. The number of hydrogen-bond acceptors (Lipinski definition) is 3. The molecule has 0 aliphatic carbocycles. The van der Waals surface area contributed by atoms with Crippen LogP contribution in [0.4, 0.5) is 5.69 Å². The Labute approximate surface area is 125 Å². The Bertz CT molecular complexity index is 658. The van der Waals surface area contributed by atoms with Crippen LogP contribution in [-0.2, 0) is 11.4 Å². The minimum absolute atomic E-state index is 0.188. The first-order chi connectivity index (χ1) is 9.65. The van der Waals surface area contributed by atoms with Crippen molar-refractivity contribution in [3.8, 4) is 5.75 Å². The first-order valence-electron chi connectivity index (χ1n) is 6.22. The molecular weight excluding hydrogens is 320 g/mol. The number of rotatable bonds is 3. The van der Waals surface area contributed by atoms with Gasteiger partial charge in [0.1, 0.15) is 18.4 Å². The molecule has 3 N–H and O–H groups in total. The lowest BCUT2D eigenvalue weighted by Gasteiger charge is -2.11. The van der Waals surface area contributed by atoms with Crippen LogP contribution in [0.25, 0.3) is 0 Å². The van der Waals surface area contributed by atoms with Gasteiger partial charge in [0.25, 0.3) is 0 Å². The van der Waals surface area contributed by atoms with E-state index in [0.29, 0.717) is 18.0 Å². The van der Waals surface area contributed by atoms with Gasteiger partial charge in [0.05, 0.1) is 4.47 Å². The highest BCUT2D eigenvalue weighted by Crippen LogP contribution is 2.38. The number of amides is 1. The summed E-state index contributed by atoms with van der Waals surface area (Å²) >= 11 is 3.45. The molecular formula is C15H13BrN2O2. The topological polar surface area (TPSA) is 64.4 Å². The molecule has 4 nitrogen and oxygen atoms in total. The monoisotopic (exact) mass is 332 g/mol. The Morgan fingerprint density at radius 1 is 1.25 bits per heavy atom. The summed E-state index contributed by atoms with van der Waals surface area (Å²) in [5.74, 6) is 0.495. The number of halogens is 1. The Morgan fingerprint density at radius 3 is 2.75 bits per heavy atom. The molecule has 1 aliphatic heterocycles.